The van der Waals surface area contributed by atoms with Crippen LogP contribution in [0.1, 0.15) is 27.4 Å². The zero-order valence-electron chi connectivity index (χ0n) is 10.8. The van der Waals surface area contributed by atoms with Gasteiger partial charge in [-0.3, -0.25) is 4.79 Å². The van der Waals surface area contributed by atoms with Crippen molar-refractivity contribution >= 4 is 18.5 Å². The van der Waals surface area contributed by atoms with Gasteiger partial charge in [-0.1, -0.05) is 24.3 Å². The van der Waals surface area contributed by atoms with Crippen LogP contribution in [0.2, 0.25) is 0 Å². The van der Waals surface area contributed by atoms with Crippen LogP contribution in [0.5, 0.6) is 0 Å². The lowest BCUT2D eigenvalue weighted by Crippen LogP contribution is -2.33. The molecule has 0 radical (unpaired) electrons. The Morgan fingerprint density at radius 3 is 2.85 bits per heavy atom. The summed E-state index contributed by atoms with van der Waals surface area (Å²) in [5, 5.41) is 2.89. The summed E-state index contributed by atoms with van der Waals surface area (Å²) in [6.07, 6.45) is 0.998. The monoisotopic (exact) mass is 287 g/mol. The number of hydrogen-bond donors (Lipinski definition) is 2. The lowest BCUT2D eigenvalue weighted by molar-refractivity contribution is 0.0949. The minimum absolute atomic E-state index is 0.187. The van der Waals surface area contributed by atoms with E-state index in [4.69, 9.17) is 0 Å². The molecule has 0 heterocycles. The van der Waals surface area contributed by atoms with Gasteiger partial charge in [0.1, 0.15) is 5.82 Å². The number of hydrogen-bond acceptors (Lipinski definition) is 2. The van der Waals surface area contributed by atoms with Gasteiger partial charge in [-0.15, -0.1) is 12.6 Å². The number of thiol groups is 1. The van der Waals surface area contributed by atoms with E-state index < -0.39 is 5.82 Å². The lowest BCUT2D eigenvalue weighted by atomic mass is 9.77. The molecule has 2 nitrogen and oxygen atoms in total. The summed E-state index contributed by atoms with van der Waals surface area (Å²) < 4.78 is 13.1. The van der Waals surface area contributed by atoms with E-state index in [0.29, 0.717) is 18.0 Å². The summed E-state index contributed by atoms with van der Waals surface area (Å²) in [4.78, 5) is 12.2. The largest absolute Gasteiger partial charge is 0.351 e. The molecule has 0 aromatic heterocycles. The van der Waals surface area contributed by atoms with Crippen LogP contribution in [-0.4, -0.2) is 12.5 Å². The quantitative estimate of drug-likeness (QED) is 0.834. The van der Waals surface area contributed by atoms with E-state index in [1.54, 1.807) is 0 Å². The SMILES string of the molecule is O=C(NCC1Cc2ccccc21)c1ccc(F)c(S)c1. The van der Waals surface area contributed by atoms with E-state index in [1.807, 2.05) is 12.1 Å². The van der Waals surface area contributed by atoms with Gasteiger partial charge in [-0.25, -0.2) is 4.39 Å². The molecule has 1 aliphatic rings. The van der Waals surface area contributed by atoms with Crippen LogP contribution in [-0.2, 0) is 6.42 Å². The molecule has 0 bridgehead atoms. The predicted octanol–water partition coefficient (Wildman–Crippen LogP) is 3.18. The molecule has 1 aliphatic carbocycles. The van der Waals surface area contributed by atoms with E-state index in [2.05, 4.69) is 30.1 Å². The highest BCUT2D eigenvalue weighted by Gasteiger charge is 2.25. The number of halogens is 1. The average Bonchev–Trinajstić information content (AvgIpc) is 2.42. The Labute approximate surface area is 122 Å². The second kappa shape index (κ2) is 5.29. The molecule has 2 aromatic carbocycles. The van der Waals surface area contributed by atoms with Crippen LogP contribution in [0.4, 0.5) is 4.39 Å². The lowest BCUT2D eigenvalue weighted by Gasteiger charge is -2.30. The smallest absolute Gasteiger partial charge is 0.251 e. The molecule has 3 rings (SSSR count). The molecule has 1 amide bonds. The first kappa shape index (κ1) is 13.2. The summed E-state index contributed by atoms with van der Waals surface area (Å²) in [5.74, 6) is -0.228. The first-order chi connectivity index (χ1) is 9.65. The molecule has 0 aliphatic heterocycles. The summed E-state index contributed by atoms with van der Waals surface area (Å²) in [6.45, 7) is 0.606. The molecule has 2 aromatic rings. The summed E-state index contributed by atoms with van der Waals surface area (Å²) >= 11 is 3.98. The van der Waals surface area contributed by atoms with E-state index in [-0.39, 0.29) is 10.8 Å². The Balaban J connectivity index is 1.62. The first-order valence-corrected chi connectivity index (χ1v) is 6.94. The highest BCUT2D eigenvalue weighted by Crippen LogP contribution is 2.34. The number of carbonyl (C=O) groups is 1. The predicted molar refractivity (Wildman–Crippen MR) is 78.9 cm³/mol. The Bertz CT molecular complexity index is 671. The Morgan fingerprint density at radius 1 is 1.30 bits per heavy atom. The van der Waals surface area contributed by atoms with Crippen molar-refractivity contribution in [1.29, 1.82) is 0 Å². The first-order valence-electron chi connectivity index (χ1n) is 6.49. The Kier molecular flexibility index (Phi) is 3.49. The maximum Gasteiger partial charge on any atom is 0.251 e. The fraction of sp³-hybridized carbons (Fsp3) is 0.188. The van der Waals surface area contributed by atoms with Crippen LogP contribution >= 0.6 is 12.6 Å². The topological polar surface area (TPSA) is 29.1 Å². The van der Waals surface area contributed by atoms with Crippen LogP contribution in [0, 0.1) is 5.82 Å². The van der Waals surface area contributed by atoms with Gasteiger partial charge in [0.05, 0.1) is 0 Å². The minimum Gasteiger partial charge on any atom is -0.351 e. The van der Waals surface area contributed by atoms with Crippen molar-refractivity contribution < 1.29 is 9.18 Å². The normalized spacial score (nSPS) is 16.2. The third-order valence-electron chi connectivity index (χ3n) is 3.68. The van der Waals surface area contributed by atoms with E-state index >= 15 is 0 Å². The van der Waals surface area contributed by atoms with E-state index in [9.17, 15) is 9.18 Å². The van der Waals surface area contributed by atoms with Crippen LogP contribution in [0.3, 0.4) is 0 Å². The molecular weight excluding hydrogens is 273 g/mol. The van der Waals surface area contributed by atoms with E-state index in [0.717, 1.165) is 6.42 Å². The van der Waals surface area contributed by atoms with Gasteiger partial charge in [-0.2, -0.15) is 0 Å². The van der Waals surface area contributed by atoms with Crippen molar-refractivity contribution in [3.8, 4) is 0 Å². The number of carbonyl (C=O) groups excluding carboxylic acids is 1. The number of nitrogens with one attached hydrogen (secondary N) is 1. The van der Waals surface area contributed by atoms with Gasteiger partial charge in [0.25, 0.3) is 5.91 Å². The summed E-state index contributed by atoms with van der Waals surface area (Å²) in [7, 11) is 0. The van der Waals surface area contributed by atoms with Crippen molar-refractivity contribution in [1.82, 2.24) is 5.32 Å². The highest BCUT2D eigenvalue weighted by molar-refractivity contribution is 7.80. The summed E-state index contributed by atoms with van der Waals surface area (Å²) in [6, 6.07) is 12.4. The zero-order chi connectivity index (χ0) is 14.1. The van der Waals surface area contributed by atoms with Gasteiger partial charge >= 0.3 is 0 Å². The highest BCUT2D eigenvalue weighted by atomic mass is 32.1. The van der Waals surface area contributed by atoms with Crippen LogP contribution in [0.15, 0.2) is 47.4 Å². The third kappa shape index (κ3) is 2.43. The molecule has 1 atom stereocenters. The van der Waals surface area contributed by atoms with Gasteiger partial charge in [-0.05, 0) is 35.7 Å². The van der Waals surface area contributed by atoms with Gasteiger partial charge < -0.3 is 5.32 Å². The maximum atomic E-state index is 13.1. The molecular formula is C16H14FNOS. The number of fused-ring (bicyclic) bond motifs is 1. The fourth-order valence-corrected chi connectivity index (χ4v) is 2.73. The second-order valence-electron chi connectivity index (χ2n) is 4.98. The molecule has 0 spiro atoms. The number of amides is 1. The van der Waals surface area contributed by atoms with Crippen molar-refractivity contribution in [2.75, 3.05) is 6.54 Å². The Hall–Kier alpha value is -1.81. The van der Waals surface area contributed by atoms with Crippen molar-refractivity contribution in [2.24, 2.45) is 0 Å². The molecule has 102 valence electrons. The van der Waals surface area contributed by atoms with Gasteiger partial charge in [0.15, 0.2) is 0 Å². The van der Waals surface area contributed by atoms with Crippen LogP contribution < -0.4 is 5.32 Å². The van der Waals surface area contributed by atoms with Crippen LogP contribution in [0.25, 0.3) is 0 Å². The number of benzene rings is 2. The molecule has 20 heavy (non-hydrogen) atoms. The van der Waals surface area contributed by atoms with Crippen molar-refractivity contribution in [2.45, 2.75) is 17.2 Å². The standard InChI is InChI=1S/C16H14FNOS/c17-14-6-5-11(8-15(14)20)16(19)18-9-12-7-10-3-1-2-4-13(10)12/h1-6,8,12,20H,7,9H2,(H,18,19). The fourth-order valence-electron chi connectivity index (χ4n) is 2.52. The molecule has 4 heteroatoms. The Morgan fingerprint density at radius 2 is 2.10 bits per heavy atom. The minimum atomic E-state index is -0.419. The summed E-state index contributed by atoms with van der Waals surface area (Å²) in [5.41, 5.74) is 3.09. The molecule has 0 fully saturated rings. The average molecular weight is 287 g/mol. The third-order valence-corrected chi connectivity index (χ3v) is 4.02. The van der Waals surface area contributed by atoms with Crippen molar-refractivity contribution in [3.63, 3.8) is 0 Å². The molecule has 1 N–H and O–H groups in total. The molecule has 0 saturated carbocycles. The zero-order valence-corrected chi connectivity index (χ0v) is 11.7. The molecule has 1 unspecified atom stereocenters. The van der Waals surface area contributed by atoms with Gasteiger partial charge in [0, 0.05) is 22.9 Å². The maximum absolute atomic E-state index is 13.1. The number of rotatable bonds is 3. The van der Waals surface area contributed by atoms with E-state index in [1.165, 1.54) is 29.3 Å². The van der Waals surface area contributed by atoms with Crippen molar-refractivity contribution in [3.05, 3.63) is 65.0 Å². The molecule has 0 saturated heterocycles. The van der Waals surface area contributed by atoms with Gasteiger partial charge in [0.2, 0.25) is 0 Å². The second-order valence-corrected chi connectivity index (χ2v) is 5.46.